The van der Waals surface area contributed by atoms with Gasteiger partial charge in [0.1, 0.15) is 5.60 Å². The first-order chi connectivity index (χ1) is 7.68. The van der Waals surface area contributed by atoms with Crippen molar-refractivity contribution in [3.8, 4) is 17.0 Å². The van der Waals surface area contributed by atoms with Crippen molar-refractivity contribution in [2.24, 2.45) is 0 Å². The van der Waals surface area contributed by atoms with Gasteiger partial charge >= 0.3 is 0 Å². The Hall–Kier alpha value is -1.83. The van der Waals surface area contributed by atoms with Crippen molar-refractivity contribution in [1.29, 1.82) is 0 Å². The van der Waals surface area contributed by atoms with Gasteiger partial charge in [-0.1, -0.05) is 24.3 Å². The molecule has 0 fully saturated rings. The lowest BCUT2D eigenvalue weighted by Gasteiger charge is -2.33. The number of nitrogens with zero attached hydrogens (tertiary/aromatic N) is 1. The normalized spacial score (nSPS) is 15.9. The van der Waals surface area contributed by atoms with Crippen molar-refractivity contribution in [1.82, 2.24) is 4.98 Å². The van der Waals surface area contributed by atoms with Crippen LogP contribution in [0.25, 0.3) is 11.1 Å². The van der Waals surface area contributed by atoms with Gasteiger partial charge in [0, 0.05) is 17.3 Å². The molecule has 2 heterocycles. The SMILES string of the molecule is CC1(C)Oc2ncccc2-c2ccccc21. The molecule has 0 radical (unpaired) electrons. The van der Waals surface area contributed by atoms with E-state index in [4.69, 9.17) is 4.74 Å². The van der Waals surface area contributed by atoms with Gasteiger partial charge in [0.15, 0.2) is 0 Å². The van der Waals surface area contributed by atoms with E-state index in [2.05, 4.69) is 43.1 Å². The van der Waals surface area contributed by atoms with E-state index in [1.54, 1.807) is 6.20 Å². The molecule has 1 aromatic heterocycles. The van der Waals surface area contributed by atoms with Gasteiger partial charge in [-0.2, -0.15) is 0 Å². The highest BCUT2D eigenvalue weighted by Crippen LogP contribution is 2.43. The number of rotatable bonds is 0. The molecule has 0 bridgehead atoms. The Morgan fingerprint density at radius 2 is 1.75 bits per heavy atom. The van der Waals surface area contributed by atoms with Crippen LogP contribution in [0, 0.1) is 0 Å². The summed E-state index contributed by atoms with van der Waals surface area (Å²) in [5.41, 5.74) is 3.22. The Bertz CT molecular complexity index is 546. The molecule has 0 saturated carbocycles. The lowest BCUT2D eigenvalue weighted by atomic mass is 9.87. The topological polar surface area (TPSA) is 22.1 Å². The zero-order valence-electron chi connectivity index (χ0n) is 9.40. The molecule has 0 amide bonds. The largest absolute Gasteiger partial charge is 0.466 e. The molecular formula is C14H13NO. The average molecular weight is 211 g/mol. The zero-order chi connectivity index (χ0) is 11.2. The van der Waals surface area contributed by atoms with Crippen LogP contribution in [-0.4, -0.2) is 4.98 Å². The summed E-state index contributed by atoms with van der Waals surface area (Å²) >= 11 is 0. The van der Waals surface area contributed by atoms with Crippen molar-refractivity contribution in [3.05, 3.63) is 48.2 Å². The summed E-state index contributed by atoms with van der Waals surface area (Å²) in [6, 6.07) is 12.3. The highest BCUT2D eigenvalue weighted by molar-refractivity contribution is 5.74. The second-order valence-corrected chi connectivity index (χ2v) is 4.51. The van der Waals surface area contributed by atoms with Gasteiger partial charge in [0.2, 0.25) is 5.88 Å². The van der Waals surface area contributed by atoms with E-state index < -0.39 is 0 Å². The number of hydrogen-bond donors (Lipinski definition) is 0. The maximum atomic E-state index is 5.93. The molecule has 80 valence electrons. The predicted molar refractivity (Wildman–Crippen MR) is 63.3 cm³/mol. The molecule has 0 saturated heterocycles. The fourth-order valence-electron chi connectivity index (χ4n) is 2.22. The van der Waals surface area contributed by atoms with Gasteiger partial charge in [-0.15, -0.1) is 0 Å². The van der Waals surface area contributed by atoms with E-state index >= 15 is 0 Å². The first-order valence-electron chi connectivity index (χ1n) is 5.42. The molecule has 2 nitrogen and oxygen atoms in total. The van der Waals surface area contributed by atoms with Gasteiger partial charge in [-0.05, 0) is 31.5 Å². The molecule has 16 heavy (non-hydrogen) atoms. The lowest BCUT2D eigenvalue weighted by molar-refractivity contribution is 0.0990. The summed E-state index contributed by atoms with van der Waals surface area (Å²) in [5.74, 6) is 0.728. The molecule has 1 aromatic carbocycles. The van der Waals surface area contributed by atoms with Crippen molar-refractivity contribution in [2.75, 3.05) is 0 Å². The van der Waals surface area contributed by atoms with Gasteiger partial charge in [0.25, 0.3) is 0 Å². The highest BCUT2D eigenvalue weighted by Gasteiger charge is 2.32. The first kappa shape index (κ1) is 9.40. The van der Waals surface area contributed by atoms with Crippen LogP contribution in [0.15, 0.2) is 42.6 Å². The predicted octanol–water partition coefficient (Wildman–Crippen LogP) is 3.38. The third-order valence-corrected chi connectivity index (χ3v) is 2.99. The third-order valence-electron chi connectivity index (χ3n) is 2.99. The summed E-state index contributed by atoms with van der Waals surface area (Å²) in [5, 5.41) is 0. The van der Waals surface area contributed by atoms with Crippen LogP contribution in [0.5, 0.6) is 5.88 Å². The number of hydrogen-bond acceptors (Lipinski definition) is 2. The van der Waals surface area contributed by atoms with Crippen molar-refractivity contribution in [3.63, 3.8) is 0 Å². The minimum Gasteiger partial charge on any atom is -0.466 e. The summed E-state index contributed by atoms with van der Waals surface area (Å²) in [6.45, 7) is 4.15. The van der Waals surface area contributed by atoms with E-state index in [1.165, 1.54) is 11.1 Å². The Kier molecular flexibility index (Phi) is 1.81. The average Bonchev–Trinajstić information content (AvgIpc) is 2.29. The lowest BCUT2D eigenvalue weighted by Crippen LogP contribution is -2.29. The van der Waals surface area contributed by atoms with Gasteiger partial charge in [0.05, 0.1) is 0 Å². The second kappa shape index (κ2) is 3.08. The number of pyridine rings is 1. The smallest absolute Gasteiger partial charge is 0.222 e. The molecule has 0 aliphatic carbocycles. The molecule has 0 atom stereocenters. The minimum absolute atomic E-state index is 0.308. The van der Waals surface area contributed by atoms with Crippen LogP contribution in [0.3, 0.4) is 0 Å². The van der Waals surface area contributed by atoms with Crippen molar-refractivity contribution < 1.29 is 4.74 Å². The summed E-state index contributed by atoms with van der Waals surface area (Å²) in [4.78, 5) is 4.29. The molecule has 1 aliphatic heterocycles. The Morgan fingerprint density at radius 1 is 1.00 bits per heavy atom. The van der Waals surface area contributed by atoms with Crippen LogP contribution >= 0.6 is 0 Å². The van der Waals surface area contributed by atoms with Gasteiger partial charge in [-0.3, -0.25) is 0 Å². The number of fused-ring (bicyclic) bond motifs is 3. The van der Waals surface area contributed by atoms with Crippen molar-refractivity contribution >= 4 is 0 Å². The molecule has 1 aliphatic rings. The zero-order valence-corrected chi connectivity index (χ0v) is 9.40. The van der Waals surface area contributed by atoms with Crippen LogP contribution in [0.1, 0.15) is 19.4 Å². The van der Waals surface area contributed by atoms with Crippen LogP contribution in [0.2, 0.25) is 0 Å². The van der Waals surface area contributed by atoms with Gasteiger partial charge < -0.3 is 4.74 Å². The fourth-order valence-corrected chi connectivity index (χ4v) is 2.22. The van der Waals surface area contributed by atoms with E-state index in [9.17, 15) is 0 Å². The van der Waals surface area contributed by atoms with Crippen LogP contribution < -0.4 is 4.74 Å². The third kappa shape index (κ3) is 1.23. The molecule has 2 heteroatoms. The number of ether oxygens (including phenoxy) is 1. The quantitative estimate of drug-likeness (QED) is 0.666. The Balaban J connectivity index is 2.33. The monoisotopic (exact) mass is 211 g/mol. The molecule has 2 aromatic rings. The number of aromatic nitrogens is 1. The van der Waals surface area contributed by atoms with E-state index in [-0.39, 0.29) is 5.60 Å². The molecule has 0 unspecified atom stereocenters. The molecular weight excluding hydrogens is 198 g/mol. The maximum absolute atomic E-state index is 5.93. The molecule has 0 N–H and O–H groups in total. The summed E-state index contributed by atoms with van der Waals surface area (Å²) < 4.78 is 5.93. The maximum Gasteiger partial charge on any atom is 0.222 e. The van der Waals surface area contributed by atoms with E-state index in [0.29, 0.717) is 0 Å². The van der Waals surface area contributed by atoms with Gasteiger partial charge in [-0.25, -0.2) is 4.98 Å². The second-order valence-electron chi connectivity index (χ2n) is 4.51. The molecule has 0 spiro atoms. The fraction of sp³-hybridized carbons (Fsp3) is 0.214. The Morgan fingerprint density at radius 3 is 2.62 bits per heavy atom. The van der Waals surface area contributed by atoms with Crippen LogP contribution in [0.4, 0.5) is 0 Å². The first-order valence-corrected chi connectivity index (χ1v) is 5.42. The van der Waals surface area contributed by atoms with E-state index in [1.807, 2.05) is 12.1 Å². The molecule has 3 rings (SSSR count). The van der Waals surface area contributed by atoms with Crippen molar-refractivity contribution in [2.45, 2.75) is 19.4 Å². The van der Waals surface area contributed by atoms with E-state index in [0.717, 1.165) is 11.4 Å². The number of benzene rings is 1. The summed E-state index contributed by atoms with van der Waals surface area (Å²) in [6.07, 6.45) is 1.77. The summed E-state index contributed by atoms with van der Waals surface area (Å²) in [7, 11) is 0. The van der Waals surface area contributed by atoms with Crippen LogP contribution in [-0.2, 0) is 5.60 Å². The minimum atomic E-state index is -0.308. The Labute approximate surface area is 94.9 Å². The standard InChI is InChI=1S/C14H13NO/c1-14(2)12-8-4-3-6-10(12)11-7-5-9-15-13(11)16-14/h3-9H,1-2H3. The highest BCUT2D eigenvalue weighted by atomic mass is 16.5.